The molecule has 0 bridgehead atoms. The van der Waals surface area contributed by atoms with Crippen LogP contribution in [-0.2, 0) is 16.1 Å². The van der Waals surface area contributed by atoms with E-state index in [1.165, 1.54) is 6.33 Å². The van der Waals surface area contributed by atoms with E-state index in [-0.39, 0.29) is 23.1 Å². The van der Waals surface area contributed by atoms with Crippen LogP contribution < -0.4 is 11.3 Å². The molecule has 1 unspecified atom stereocenters. The fraction of sp³-hybridized carbons (Fsp3) is 0.455. The molecule has 0 saturated carbocycles. The van der Waals surface area contributed by atoms with Crippen LogP contribution in [0.3, 0.4) is 0 Å². The van der Waals surface area contributed by atoms with Crippen molar-refractivity contribution < 1.29 is 9.53 Å². The van der Waals surface area contributed by atoms with Crippen LogP contribution in [0.5, 0.6) is 0 Å². The average Bonchev–Trinajstić information content (AvgIpc) is 2.78. The van der Waals surface area contributed by atoms with E-state index < -0.39 is 0 Å². The maximum absolute atomic E-state index is 11.6. The molecule has 0 radical (unpaired) electrons. The first-order valence-electron chi connectivity index (χ1n) is 5.82. The standard InChI is InChI=1S/C11H15N5O3/c1-19-7(3-5-17)2-4-16-6-13-8-9(16)14-11(12)15-10(8)18/h5-7H,2-4H2,1H3,(H3,12,14,15,18). The summed E-state index contributed by atoms with van der Waals surface area (Å²) in [6, 6.07) is 0. The van der Waals surface area contributed by atoms with E-state index in [1.54, 1.807) is 11.7 Å². The maximum atomic E-state index is 11.6. The second-order valence-electron chi connectivity index (χ2n) is 4.11. The third kappa shape index (κ3) is 2.79. The molecule has 0 aliphatic heterocycles. The van der Waals surface area contributed by atoms with Crippen molar-refractivity contribution in [2.75, 3.05) is 12.8 Å². The zero-order valence-corrected chi connectivity index (χ0v) is 10.5. The Morgan fingerprint density at radius 3 is 3.11 bits per heavy atom. The Labute approximate surface area is 108 Å². The van der Waals surface area contributed by atoms with Gasteiger partial charge in [-0.2, -0.15) is 4.98 Å². The number of nitrogens with zero attached hydrogens (tertiary/aromatic N) is 3. The first-order valence-corrected chi connectivity index (χ1v) is 5.82. The van der Waals surface area contributed by atoms with Crippen LogP contribution >= 0.6 is 0 Å². The van der Waals surface area contributed by atoms with Gasteiger partial charge in [-0.3, -0.25) is 9.78 Å². The van der Waals surface area contributed by atoms with Crippen LogP contribution in [-0.4, -0.2) is 39.0 Å². The van der Waals surface area contributed by atoms with Crippen molar-refractivity contribution >= 4 is 23.4 Å². The molecule has 1 atom stereocenters. The lowest BCUT2D eigenvalue weighted by atomic mass is 10.2. The van der Waals surface area contributed by atoms with E-state index in [2.05, 4.69) is 15.0 Å². The molecule has 2 heterocycles. The summed E-state index contributed by atoms with van der Waals surface area (Å²) < 4.78 is 6.89. The van der Waals surface area contributed by atoms with Crippen LogP contribution in [0, 0.1) is 0 Å². The van der Waals surface area contributed by atoms with Crippen molar-refractivity contribution in [2.24, 2.45) is 0 Å². The number of carbonyl (C=O) groups is 1. The summed E-state index contributed by atoms with van der Waals surface area (Å²) in [5.74, 6) is 0.0513. The number of aromatic nitrogens is 4. The number of imidazole rings is 1. The number of H-pyrrole nitrogens is 1. The molecule has 0 aromatic carbocycles. The highest BCUT2D eigenvalue weighted by Crippen LogP contribution is 2.09. The van der Waals surface area contributed by atoms with Gasteiger partial charge in [0, 0.05) is 20.1 Å². The fourth-order valence-electron chi connectivity index (χ4n) is 1.86. The van der Waals surface area contributed by atoms with Crippen LogP contribution in [0.15, 0.2) is 11.1 Å². The third-order valence-corrected chi connectivity index (χ3v) is 2.88. The molecule has 0 aliphatic carbocycles. The number of carbonyl (C=O) groups excluding carboxylic acids is 1. The number of fused-ring (bicyclic) bond motifs is 1. The van der Waals surface area contributed by atoms with Crippen LogP contribution in [0.4, 0.5) is 5.95 Å². The van der Waals surface area contributed by atoms with Gasteiger partial charge in [-0.05, 0) is 6.42 Å². The molecule has 2 aromatic heterocycles. The van der Waals surface area contributed by atoms with Gasteiger partial charge in [0.2, 0.25) is 5.95 Å². The number of methoxy groups -OCH3 is 1. The molecule has 2 rings (SSSR count). The smallest absolute Gasteiger partial charge is 0.280 e. The molecular formula is C11H15N5O3. The second kappa shape index (κ2) is 5.61. The van der Waals surface area contributed by atoms with Gasteiger partial charge in [0.15, 0.2) is 11.2 Å². The van der Waals surface area contributed by atoms with Gasteiger partial charge in [-0.1, -0.05) is 0 Å². The minimum atomic E-state index is -0.363. The van der Waals surface area contributed by atoms with Crippen molar-refractivity contribution in [3.05, 3.63) is 16.7 Å². The van der Waals surface area contributed by atoms with Crippen LogP contribution in [0.2, 0.25) is 0 Å². The Bertz CT molecular complexity index is 633. The summed E-state index contributed by atoms with van der Waals surface area (Å²) in [7, 11) is 1.56. The first-order chi connectivity index (χ1) is 9.15. The molecular weight excluding hydrogens is 250 g/mol. The van der Waals surface area contributed by atoms with Crippen LogP contribution in [0.25, 0.3) is 11.2 Å². The average molecular weight is 265 g/mol. The number of nitrogen functional groups attached to an aromatic ring is 1. The number of aromatic amines is 1. The van der Waals surface area contributed by atoms with Gasteiger partial charge in [-0.25, -0.2) is 4.98 Å². The molecule has 2 aromatic rings. The Hall–Kier alpha value is -2.22. The van der Waals surface area contributed by atoms with E-state index in [4.69, 9.17) is 10.5 Å². The quantitative estimate of drug-likeness (QED) is 0.692. The van der Waals surface area contributed by atoms with Gasteiger partial charge in [0.25, 0.3) is 5.56 Å². The van der Waals surface area contributed by atoms with E-state index in [1.807, 2.05) is 0 Å². The molecule has 8 nitrogen and oxygen atoms in total. The number of ether oxygens (including phenoxy) is 1. The van der Waals surface area contributed by atoms with E-state index in [0.717, 1.165) is 6.29 Å². The molecule has 8 heteroatoms. The maximum Gasteiger partial charge on any atom is 0.280 e. The summed E-state index contributed by atoms with van der Waals surface area (Å²) in [5, 5.41) is 0. The lowest BCUT2D eigenvalue weighted by Gasteiger charge is -2.12. The molecule has 0 spiro atoms. The lowest BCUT2D eigenvalue weighted by molar-refractivity contribution is -0.110. The van der Waals surface area contributed by atoms with Gasteiger partial charge in [0.05, 0.1) is 12.4 Å². The van der Waals surface area contributed by atoms with Crippen molar-refractivity contribution in [1.82, 2.24) is 19.5 Å². The summed E-state index contributed by atoms with van der Waals surface area (Å²) >= 11 is 0. The highest BCUT2D eigenvalue weighted by molar-refractivity contribution is 5.70. The molecule has 102 valence electrons. The van der Waals surface area contributed by atoms with E-state index in [0.29, 0.717) is 25.0 Å². The second-order valence-corrected chi connectivity index (χ2v) is 4.11. The number of hydrogen-bond donors (Lipinski definition) is 2. The Morgan fingerprint density at radius 2 is 2.42 bits per heavy atom. The number of hydrogen-bond acceptors (Lipinski definition) is 6. The van der Waals surface area contributed by atoms with Crippen molar-refractivity contribution in [1.29, 1.82) is 0 Å². The lowest BCUT2D eigenvalue weighted by Crippen LogP contribution is -2.15. The number of nitrogens with one attached hydrogen (secondary N) is 1. The molecule has 19 heavy (non-hydrogen) atoms. The molecule has 0 aliphatic rings. The van der Waals surface area contributed by atoms with E-state index in [9.17, 15) is 9.59 Å². The third-order valence-electron chi connectivity index (χ3n) is 2.88. The van der Waals surface area contributed by atoms with Crippen LogP contribution in [0.1, 0.15) is 12.8 Å². The summed E-state index contributed by atoms with van der Waals surface area (Å²) in [6.45, 7) is 0.540. The number of anilines is 1. The highest BCUT2D eigenvalue weighted by Gasteiger charge is 2.11. The largest absolute Gasteiger partial charge is 0.381 e. The number of rotatable bonds is 6. The Balaban J connectivity index is 2.21. The highest BCUT2D eigenvalue weighted by atomic mass is 16.5. The van der Waals surface area contributed by atoms with Gasteiger partial charge in [0.1, 0.15) is 6.29 Å². The summed E-state index contributed by atoms with van der Waals surface area (Å²) in [5.41, 5.74) is 5.82. The predicted molar refractivity (Wildman–Crippen MR) is 68.7 cm³/mol. The number of aldehydes is 1. The Kier molecular flexibility index (Phi) is 3.91. The number of nitrogens with two attached hydrogens (primary N) is 1. The normalized spacial score (nSPS) is 12.7. The fourth-order valence-corrected chi connectivity index (χ4v) is 1.86. The van der Waals surface area contributed by atoms with Crippen molar-refractivity contribution in [3.63, 3.8) is 0 Å². The SMILES string of the molecule is COC(CC=O)CCn1cnc2c(=O)[nH]c(N)nc21. The van der Waals surface area contributed by atoms with Gasteiger partial charge in [-0.15, -0.1) is 0 Å². The summed E-state index contributed by atoms with van der Waals surface area (Å²) in [6.07, 6.45) is 3.14. The molecule has 3 N–H and O–H groups in total. The summed E-state index contributed by atoms with van der Waals surface area (Å²) in [4.78, 5) is 32.5. The minimum Gasteiger partial charge on any atom is -0.381 e. The van der Waals surface area contributed by atoms with Gasteiger partial charge >= 0.3 is 0 Å². The Morgan fingerprint density at radius 1 is 1.63 bits per heavy atom. The monoisotopic (exact) mass is 265 g/mol. The minimum absolute atomic E-state index is 0.0513. The zero-order valence-electron chi connectivity index (χ0n) is 10.5. The predicted octanol–water partition coefficient (Wildman–Crippen LogP) is -0.304. The molecule has 0 fully saturated rings. The topological polar surface area (TPSA) is 116 Å². The van der Waals surface area contributed by atoms with Crippen molar-refractivity contribution in [3.8, 4) is 0 Å². The zero-order chi connectivity index (χ0) is 13.8. The molecule has 0 amide bonds. The molecule has 0 saturated heterocycles. The first kappa shape index (κ1) is 13.2. The van der Waals surface area contributed by atoms with Gasteiger partial charge < -0.3 is 19.8 Å². The van der Waals surface area contributed by atoms with Crippen molar-refractivity contribution in [2.45, 2.75) is 25.5 Å². The van der Waals surface area contributed by atoms with E-state index >= 15 is 0 Å². The number of aryl methyl sites for hydroxylation is 1.